The van der Waals surface area contributed by atoms with E-state index in [1.165, 1.54) is 12.1 Å². The summed E-state index contributed by atoms with van der Waals surface area (Å²) in [4.78, 5) is 70.2. The Morgan fingerprint density at radius 2 is 1.69 bits per heavy atom. The normalized spacial score (nSPS) is 12.0. The van der Waals surface area contributed by atoms with E-state index in [1.54, 1.807) is 61.5 Å². The summed E-state index contributed by atoms with van der Waals surface area (Å²) in [6.07, 6.45) is 5.01. The van der Waals surface area contributed by atoms with Crippen LogP contribution in [0.2, 0.25) is 0 Å². The maximum atomic E-state index is 12.9. The number of hydrogen-bond donors (Lipinski definition) is 5. The van der Waals surface area contributed by atoms with Gasteiger partial charge in [0.05, 0.1) is 17.4 Å². The van der Waals surface area contributed by atoms with Gasteiger partial charge in [-0.05, 0) is 60.9 Å². The molecule has 12 nitrogen and oxygen atoms in total. The third-order valence-electron chi connectivity index (χ3n) is 6.99. The molecule has 0 unspecified atom stereocenters. The van der Waals surface area contributed by atoms with Gasteiger partial charge >= 0.3 is 11.9 Å². The zero-order chi connectivity index (χ0) is 32.5. The van der Waals surface area contributed by atoms with Gasteiger partial charge in [0.2, 0.25) is 5.91 Å². The number of carbonyl (C=O) groups excluding carboxylic acids is 2. The number of aryl methyl sites for hydroxylation is 1. The van der Waals surface area contributed by atoms with Crippen LogP contribution in [0, 0.1) is 19.3 Å². The SMILES string of the molecule is C#CCN(Cc1ccc2nc(C)[nH]c(=O)c2c1)c1ccc(C(=O)N[C@@H](CCC(=O)N[C@H](C(=O)O)c2ccccc2)C(=O)O)cc1. The molecule has 2 amide bonds. The number of nitrogens with zero attached hydrogens (tertiary/aromatic N) is 2. The van der Waals surface area contributed by atoms with Crippen molar-refractivity contribution >= 4 is 40.3 Å². The molecule has 1 aromatic heterocycles. The van der Waals surface area contributed by atoms with Gasteiger partial charge in [-0.1, -0.05) is 42.3 Å². The van der Waals surface area contributed by atoms with E-state index in [4.69, 9.17) is 6.42 Å². The first kappa shape index (κ1) is 32.0. The lowest BCUT2D eigenvalue weighted by Gasteiger charge is -2.23. The van der Waals surface area contributed by atoms with Gasteiger partial charge in [0.25, 0.3) is 11.5 Å². The smallest absolute Gasteiger partial charge is 0.330 e. The van der Waals surface area contributed by atoms with Crippen molar-refractivity contribution in [2.24, 2.45) is 0 Å². The number of carboxylic acids is 2. The summed E-state index contributed by atoms with van der Waals surface area (Å²) in [6, 6.07) is 17.2. The lowest BCUT2D eigenvalue weighted by atomic mass is 10.1. The minimum atomic E-state index is -1.39. The van der Waals surface area contributed by atoms with Gasteiger partial charge in [0, 0.05) is 24.2 Å². The second-order valence-electron chi connectivity index (χ2n) is 10.3. The van der Waals surface area contributed by atoms with E-state index >= 15 is 0 Å². The standard InChI is InChI=1S/C33H31N5O7/c1-3-17-38(19-21-9-14-26-25(18-21)31(41)35-20(2)34-26)24-12-10-23(11-13-24)30(40)36-27(32(42)43)15-16-28(39)37-29(33(44)45)22-7-5-4-6-8-22/h1,4-14,18,27,29H,15-17,19H2,2H3,(H,36,40)(H,37,39)(H,42,43)(H,44,45)(H,34,35,41)/t27-,29-/m0/s1. The van der Waals surface area contributed by atoms with Crippen molar-refractivity contribution in [3.8, 4) is 12.3 Å². The van der Waals surface area contributed by atoms with Crippen LogP contribution in [0.25, 0.3) is 10.9 Å². The number of benzene rings is 3. The number of rotatable bonds is 13. The van der Waals surface area contributed by atoms with Gasteiger partial charge < -0.3 is 30.7 Å². The molecule has 4 rings (SSSR count). The van der Waals surface area contributed by atoms with Crippen molar-refractivity contribution in [2.45, 2.75) is 38.4 Å². The Morgan fingerprint density at radius 1 is 0.978 bits per heavy atom. The fourth-order valence-corrected chi connectivity index (χ4v) is 4.73. The molecule has 0 aliphatic rings. The summed E-state index contributed by atoms with van der Waals surface area (Å²) in [5.74, 6) is -0.819. The minimum Gasteiger partial charge on any atom is -0.480 e. The molecule has 2 atom stereocenters. The zero-order valence-electron chi connectivity index (χ0n) is 24.3. The number of terminal acetylenes is 1. The van der Waals surface area contributed by atoms with E-state index in [-0.39, 0.29) is 30.5 Å². The number of fused-ring (bicyclic) bond motifs is 1. The van der Waals surface area contributed by atoms with Gasteiger partial charge in [-0.3, -0.25) is 14.4 Å². The van der Waals surface area contributed by atoms with E-state index in [1.807, 2.05) is 11.0 Å². The lowest BCUT2D eigenvalue weighted by molar-refractivity contribution is -0.142. The monoisotopic (exact) mass is 609 g/mol. The van der Waals surface area contributed by atoms with Gasteiger partial charge in [0.15, 0.2) is 6.04 Å². The molecule has 45 heavy (non-hydrogen) atoms. The van der Waals surface area contributed by atoms with Crippen LogP contribution < -0.4 is 21.1 Å². The quantitative estimate of drug-likeness (QED) is 0.142. The molecule has 5 N–H and O–H groups in total. The summed E-state index contributed by atoms with van der Waals surface area (Å²) in [6.45, 7) is 2.32. The molecule has 230 valence electrons. The summed E-state index contributed by atoms with van der Waals surface area (Å²) in [7, 11) is 0. The Kier molecular flexibility index (Phi) is 10.3. The number of amides is 2. The van der Waals surface area contributed by atoms with Crippen LogP contribution in [-0.2, 0) is 20.9 Å². The lowest BCUT2D eigenvalue weighted by Crippen LogP contribution is -2.42. The second kappa shape index (κ2) is 14.5. The number of carbonyl (C=O) groups is 4. The van der Waals surface area contributed by atoms with Crippen molar-refractivity contribution in [3.05, 3.63) is 106 Å². The molecule has 12 heteroatoms. The maximum Gasteiger partial charge on any atom is 0.330 e. The van der Waals surface area contributed by atoms with E-state index in [0.717, 1.165) is 5.56 Å². The van der Waals surface area contributed by atoms with Crippen LogP contribution in [0.1, 0.15) is 46.2 Å². The van der Waals surface area contributed by atoms with Gasteiger partial charge in [-0.2, -0.15) is 0 Å². The van der Waals surface area contributed by atoms with Crippen LogP contribution in [0.3, 0.4) is 0 Å². The predicted molar refractivity (Wildman–Crippen MR) is 167 cm³/mol. The van der Waals surface area contributed by atoms with Crippen LogP contribution in [0.4, 0.5) is 5.69 Å². The molecular weight excluding hydrogens is 578 g/mol. The average Bonchev–Trinajstić information content (AvgIpc) is 3.02. The first-order valence-electron chi connectivity index (χ1n) is 13.9. The molecule has 0 spiro atoms. The zero-order valence-corrected chi connectivity index (χ0v) is 24.3. The maximum absolute atomic E-state index is 12.9. The highest BCUT2D eigenvalue weighted by molar-refractivity contribution is 5.97. The van der Waals surface area contributed by atoms with E-state index in [2.05, 4.69) is 26.5 Å². The number of hydrogen-bond acceptors (Lipinski definition) is 7. The van der Waals surface area contributed by atoms with E-state index < -0.39 is 35.8 Å². The van der Waals surface area contributed by atoms with Gasteiger partial charge in [0.1, 0.15) is 11.9 Å². The number of carboxylic acid groups (broad SMARTS) is 2. The van der Waals surface area contributed by atoms with Crippen LogP contribution >= 0.6 is 0 Å². The van der Waals surface area contributed by atoms with E-state index in [0.29, 0.717) is 34.5 Å². The Bertz CT molecular complexity index is 1810. The molecule has 0 fully saturated rings. The van der Waals surface area contributed by atoms with Crippen molar-refractivity contribution in [3.63, 3.8) is 0 Å². The third-order valence-corrected chi connectivity index (χ3v) is 6.99. The average molecular weight is 610 g/mol. The van der Waals surface area contributed by atoms with Crippen molar-refractivity contribution in [1.82, 2.24) is 20.6 Å². The first-order valence-corrected chi connectivity index (χ1v) is 13.9. The number of aromatic nitrogens is 2. The van der Waals surface area contributed by atoms with Crippen LogP contribution in [-0.4, -0.2) is 56.5 Å². The highest BCUT2D eigenvalue weighted by Gasteiger charge is 2.25. The molecule has 0 radical (unpaired) electrons. The molecule has 4 aromatic rings. The summed E-state index contributed by atoms with van der Waals surface area (Å²) >= 11 is 0. The molecular formula is C33H31N5O7. The van der Waals surface area contributed by atoms with Crippen molar-refractivity contribution in [2.75, 3.05) is 11.4 Å². The number of nitrogens with one attached hydrogen (secondary N) is 3. The molecule has 0 aliphatic heterocycles. The largest absolute Gasteiger partial charge is 0.480 e. The fraction of sp³-hybridized carbons (Fsp3) is 0.212. The molecule has 0 bridgehead atoms. The highest BCUT2D eigenvalue weighted by atomic mass is 16.4. The number of aromatic amines is 1. The molecule has 0 aliphatic carbocycles. The summed E-state index contributed by atoms with van der Waals surface area (Å²) < 4.78 is 0. The Balaban J connectivity index is 1.39. The summed E-state index contributed by atoms with van der Waals surface area (Å²) in [5.41, 5.74) is 2.40. The second-order valence-corrected chi connectivity index (χ2v) is 10.3. The number of anilines is 1. The molecule has 3 aromatic carbocycles. The molecule has 0 saturated carbocycles. The number of aliphatic carboxylic acids is 2. The fourth-order valence-electron chi connectivity index (χ4n) is 4.73. The third kappa shape index (κ3) is 8.32. The minimum absolute atomic E-state index is 0.184. The topological polar surface area (TPSA) is 182 Å². The Labute approximate surface area is 258 Å². The molecule has 1 heterocycles. The first-order chi connectivity index (χ1) is 21.5. The number of H-pyrrole nitrogens is 1. The molecule has 0 saturated heterocycles. The highest BCUT2D eigenvalue weighted by Crippen LogP contribution is 2.20. The predicted octanol–water partition coefficient (Wildman–Crippen LogP) is 2.78. The van der Waals surface area contributed by atoms with Crippen LogP contribution in [0.15, 0.2) is 77.6 Å². The van der Waals surface area contributed by atoms with Crippen LogP contribution in [0.5, 0.6) is 0 Å². The van der Waals surface area contributed by atoms with Crippen molar-refractivity contribution < 1.29 is 29.4 Å². The van der Waals surface area contributed by atoms with Gasteiger partial charge in [-0.25, -0.2) is 14.6 Å². The Hall–Kier alpha value is -5.96. The summed E-state index contributed by atoms with van der Waals surface area (Å²) in [5, 5.41) is 24.4. The van der Waals surface area contributed by atoms with E-state index in [9.17, 15) is 34.2 Å². The van der Waals surface area contributed by atoms with Crippen molar-refractivity contribution in [1.29, 1.82) is 0 Å². The van der Waals surface area contributed by atoms with Gasteiger partial charge in [-0.15, -0.1) is 6.42 Å². The Morgan fingerprint density at radius 3 is 2.33 bits per heavy atom.